The Morgan fingerprint density at radius 3 is 2.55 bits per heavy atom. The third-order valence-electron chi connectivity index (χ3n) is 2.63. The van der Waals surface area contributed by atoms with E-state index >= 15 is 0 Å². The summed E-state index contributed by atoms with van der Waals surface area (Å²) in [6.07, 6.45) is 5.86. The number of ketones is 1. The van der Waals surface area contributed by atoms with Gasteiger partial charge in [-0.15, -0.1) is 0 Å². The molecular weight excluding hydrogens is 138 g/mol. The van der Waals surface area contributed by atoms with Gasteiger partial charge in [0.15, 0.2) is 5.78 Å². The molecular formula is C9H15NO. The molecule has 2 heteroatoms. The number of carbonyl (C=O) groups is 1. The molecule has 0 aromatic rings. The number of piperidine rings is 1. The highest BCUT2D eigenvalue weighted by Gasteiger charge is 2.34. The molecule has 1 saturated carbocycles. The minimum Gasteiger partial charge on any atom is -0.307 e. The van der Waals surface area contributed by atoms with Gasteiger partial charge in [0.05, 0.1) is 6.04 Å². The molecule has 2 aliphatic rings. The van der Waals surface area contributed by atoms with Crippen LogP contribution in [-0.4, -0.2) is 18.4 Å². The maximum Gasteiger partial charge on any atom is 0.152 e. The van der Waals surface area contributed by atoms with Gasteiger partial charge in [0, 0.05) is 5.92 Å². The second-order valence-corrected chi connectivity index (χ2v) is 3.68. The molecule has 2 nitrogen and oxygen atoms in total. The van der Waals surface area contributed by atoms with Crippen molar-refractivity contribution in [2.75, 3.05) is 6.54 Å². The predicted molar refractivity (Wildman–Crippen MR) is 43.4 cm³/mol. The van der Waals surface area contributed by atoms with Crippen molar-refractivity contribution in [2.24, 2.45) is 5.92 Å². The van der Waals surface area contributed by atoms with Gasteiger partial charge >= 0.3 is 0 Å². The number of hydrogen-bond donors (Lipinski definition) is 1. The van der Waals surface area contributed by atoms with E-state index in [1.807, 2.05) is 0 Å². The Bertz CT molecular complexity index is 157. The van der Waals surface area contributed by atoms with E-state index in [4.69, 9.17) is 0 Å². The van der Waals surface area contributed by atoms with E-state index in [1.165, 1.54) is 12.8 Å². The van der Waals surface area contributed by atoms with Gasteiger partial charge in [-0.2, -0.15) is 0 Å². The number of nitrogens with one attached hydrogen (secondary N) is 1. The molecule has 62 valence electrons. The Balaban J connectivity index is 1.86. The van der Waals surface area contributed by atoms with Crippen molar-refractivity contribution in [1.29, 1.82) is 0 Å². The molecule has 2 fully saturated rings. The Hall–Kier alpha value is -0.370. The van der Waals surface area contributed by atoms with E-state index in [0.717, 1.165) is 25.8 Å². The summed E-state index contributed by atoms with van der Waals surface area (Å²) in [5.41, 5.74) is 0. The first-order valence-corrected chi connectivity index (χ1v) is 4.65. The number of hydrogen-bond acceptors (Lipinski definition) is 2. The molecule has 1 heterocycles. The highest BCUT2D eigenvalue weighted by atomic mass is 16.1. The van der Waals surface area contributed by atoms with Gasteiger partial charge in [-0.1, -0.05) is 6.42 Å². The summed E-state index contributed by atoms with van der Waals surface area (Å²) in [7, 11) is 0. The van der Waals surface area contributed by atoms with Gasteiger partial charge in [-0.25, -0.2) is 0 Å². The lowest BCUT2D eigenvalue weighted by molar-refractivity contribution is -0.122. The Morgan fingerprint density at radius 1 is 1.18 bits per heavy atom. The lowest BCUT2D eigenvalue weighted by atomic mass is 9.99. The molecule has 0 amide bonds. The van der Waals surface area contributed by atoms with E-state index in [2.05, 4.69) is 5.32 Å². The SMILES string of the molecule is O=C(C1CC1)[C@H]1CCCCN1. The van der Waals surface area contributed by atoms with E-state index in [0.29, 0.717) is 11.7 Å². The van der Waals surface area contributed by atoms with E-state index in [-0.39, 0.29) is 6.04 Å². The molecule has 0 bridgehead atoms. The minimum atomic E-state index is 0.219. The van der Waals surface area contributed by atoms with Crippen molar-refractivity contribution in [2.45, 2.75) is 38.1 Å². The second kappa shape index (κ2) is 2.94. The summed E-state index contributed by atoms with van der Waals surface area (Å²) < 4.78 is 0. The molecule has 1 atom stereocenters. The first kappa shape index (κ1) is 7.29. The van der Waals surface area contributed by atoms with Crippen molar-refractivity contribution < 1.29 is 4.79 Å². The largest absolute Gasteiger partial charge is 0.307 e. The van der Waals surface area contributed by atoms with Crippen LogP contribution in [0.1, 0.15) is 32.1 Å². The zero-order chi connectivity index (χ0) is 7.68. The van der Waals surface area contributed by atoms with Crippen molar-refractivity contribution in [3.8, 4) is 0 Å². The molecule has 11 heavy (non-hydrogen) atoms. The molecule has 0 unspecified atom stereocenters. The molecule has 1 aliphatic heterocycles. The van der Waals surface area contributed by atoms with Gasteiger partial charge in [0.25, 0.3) is 0 Å². The molecule has 1 saturated heterocycles. The zero-order valence-corrected chi connectivity index (χ0v) is 6.81. The first-order chi connectivity index (χ1) is 5.38. The Kier molecular flexibility index (Phi) is 1.95. The fourth-order valence-electron chi connectivity index (χ4n) is 1.75. The summed E-state index contributed by atoms with van der Waals surface area (Å²) in [5.74, 6) is 0.926. The maximum absolute atomic E-state index is 11.5. The van der Waals surface area contributed by atoms with Crippen molar-refractivity contribution >= 4 is 5.78 Å². The van der Waals surface area contributed by atoms with Crippen LogP contribution < -0.4 is 5.32 Å². The summed E-state index contributed by atoms with van der Waals surface area (Å²) in [6.45, 7) is 1.04. The fraction of sp³-hybridized carbons (Fsp3) is 0.889. The standard InChI is InChI=1S/C9H15NO/c11-9(7-4-5-7)8-3-1-2-6-10-8/h7-8,10H,1-6H2/t8-/m1/s1. The molecule has 0 spiro atoms. The third-order valence-corrected chi connectivity index (χ3v) is 2.63. The topological polar surface area (TPSA) is 29.1 Å². The predicted octanol–water partition coefficient (Wildman–Crippen LogP) is 1.11. The summed E-state index contributed by atoms with van der Waals surface area (Å²) in [6, 6.07) is 0.219. The number of rotatable bonds is 2. The van der Waals surface area contributed by atoms with Crippen LogP contribution in [0.3, 0.4) is 0 Å². The molecule has 1 N–H and O–H groups in total. The maximum atomic E-state index is 11.5. The van der Waals surface area contributed by atoms with Crippen molar-refractivity contribution in [1.82, 2.24) is 5.32 Å². The quantitative estimate of drug-likeness (QED) is 0.643. The highest BCUT2D eigenvalue weighted by Crippen LogP contribution is 2.32. The van der Waals surface area contributed by atoms with Crippen LogP contribution in [0.5, 0.6) is 0 Å². The lowest BCUT2D eigenvalue weighted by Gasteiger charge is -2.21. The normalized spacial score (nSPS) is 31.8. The van der Waals surface area contributed by atoms with Gasteiger partial charge in [-0.05, 0) is 32.2 Å². The fourth-order valence-corrected chi connectivity index (χ4v) is 1.75. The average Bonchev–Trinajstić information content (AvgIpc) is 2.87. The minimum absolute atomic E-state index is 0.219. The van der Waals surface area contributed by atoms with Crippen LogP contribution in [-0.2, 0) is 4.79 Å². The average molecular weight is 153 g/mol. The van der Waals surface area contributed by atoms with E-state index in [9.17, 15) is 4.79 Å². The van der Waals surface area contributed by atoms with Crippen LogP contribution in [0.2, 0.25) is 0 Å². The number of carbonyl (C=O) groups excluding carboxylic acids is 1. The first-order valence-electron chi connectivity index (χ1n) is 4.65. The van der Waals surface area contributed by atoms with Gasteiger partial charge < -0.3 is 5.32 Å². The van der Waals surface area contributed by atoms with Gasteiger partial charge in [0.2, 0.25) is 0 Å². The van der Waals surface area contributed by atoms with Gasteiger partial charge in [0.1, 0.15) is 0 Å². The van der Waals surface area contributed by atoms with Crippen LogP contribution in [0.25, 0.3) is 0 Å². The van der Waals surface area contributed by atoms with Crippen molar-refractivity contribution in [3.05, 3.63) is 0 Å². The second-order valence-electron chi connectivity index (χ2n) is 3.68. The van der Waals surface area contributed by atoms with Crippen LogP contribution in [0, 0.1) is 5.92 Å². The number of Topliss-reactive ketones (excluding diaryl/α,β-unsaturated/α-hetero) is 1. The van der Waals surface area contributed by atoms with Crippen molar-refractivity contribution in [3.63, 3.8) is 0 Å². The van der Waals surface area contributed by atoms with Crippen LogP contribution >= 0.6 is 0 Å². The molecule has 0 radical (unpaired) electrons. The summed E-state index contributed by atoms with van der Waals surface area (Å²) in [5, 5.41) is 3.29. The Morgan fingerprint density at radius 2 is 2.00 bits per heavy atom. The van der Waals surface area contributed by atoms with E-state index in [1.54, 1.807) is 0 Å². The van der Waals surface area contributed by atoms with Crippen LogP contribution in [0.4, 0.5) is 0 Å². The monoisotopic (exact) mass is 153 g/mol. The smallest absolute Gasteiger partial charge is 0.152 e. The van der Waals surface area contributed by atoms with Gasteiger partial charge in [-0.3, -0.25) is 4.79 Å². The summed E-state index contributed by atoms with van der Waals surface area (Å²) >= 11 is 0. The summed E-state index contributed by atoms with van der Waals surface area (Å²) in [4.78, 5) is 11.5. The zero-order valence-electron chi connectivity index (χ0n) is 6.81. The highest BCUT2D eigenvalue weighted by molar-refractivity contribution is 5.88. The van der Waals surface area contributed by atoms with Crippen LogP contribution in [0.15, 0.2) is 0 Å². The molecule has 2 rings (SSSR count). The molecule has 1 aliphatic carbocycles. The molecule has 0 aromatic carbocycles. The molecule has 0 aromatic heterocycles. The van der Waals surface area contributed by atoms with E-state index < -0.39 is 0 Å². The Labute approximate surface area is 67.4 Å². The lowest BCUT2D eigenvalue weighted by Crippen LogP contribution is -2.41. The third kappa shape index (κ3) is 1.62.